The van der Waals surface area contributed by atoms with Gasteiger partial charge in [-0.2, -0.15) is 0 Å². The molecule has 5 nitrogen and oxygen atoms in total. The van der Waals surface area contributed by atoms with Crippen molar-refractivity contribution in [2.24, 2.45) is 0 Å². The van der Waals surface area contributed by atoms with E-state index in [0.717, 1.165) is 0 Å². The Kier molecular flexibility index (Phi) is 5.10. The minimum atomic E-state index is -3.24. The summed E-state index contributed by atoms with van der Waals surface area (Å²) in [7, 11) is -0.273. The quantitative estimate of drug-likeness (QED) is 0.814. The van der Waals surface area contributed by atoms with Crippen LogP contribution in [0.1, 0.15) is 0 Å². The van der Waals surface area contributed by atoms with E-state index in [4.69, 9.17) is 28.9 Å². The molecule has 0 fully saturated rings. The maximum absolute atomic E-state index is 11.5. The van der Waals surface area contributed by atoms with E-state index in [0.29, 0.717) is 21.4 Å². The highest BCUT2D eigenvalue weighted by molar-refractivity contribution is 7.89. The zero-order chi connectivity index (χ0) is 13.9. The summed E-state index contributed by atoms with van der Waals surface area (Å²) in [6.45, 7) is 0.212. The average Bonchev–Trinajstić information content (AvgIpc) is 2.21. The lowest BCUT2D eigenvalue weighted by molar-refractivity contribution is 0.521. The minimum Gasteiger partial charge on any atom is -0.399 e. The Hall–Kier alpha value is -0.690. The van der Waals surface area contributed by atoms with Crippen molar-refractivity contribution in [2.45, 2.75) is 0 Å². The van der Waals surface area contributed by atoms with Gasteiger partial charge in [-0.05, 0) is 12.1 Å². The lowest BCUT2D eigenvalue weighted by Gasteiger charge is -2.14. The SMILES string of the molecule is CN(C)S(=O)(=O)CCNc1c(Cl)cc(N)cc1Cl. The van der Waals surface area contributed by atoms with Gasteiger partial charge in [0, 0.05) is 26.3 Å². The fourth-order valence-corrected chi connectivity index (χ4v) is 2.61. The highest BCUT2D eigenvalue weighted by Crippen LogP contribution is 2.32. The molecule has 0 atom stereocenters. The predicted molar refractivity (Wildman–Crippen MR) is 76.8 cm³/mol. The van der Waals surface area contributed by atoms with Gasteiger partial charge in [-0.1, -0.05) is 23.2 Å². The second-order valence-electron chi connectivity index (χ2n) is 3.88. The number of nitrogen functional groups attached to an aromatic ring is 1. The van der Waals surface area contributed by atoms with Crippen LogP contribution in [0.15, 0.2) is 12.1 Å². The third-order valence-electron chi connectivity index (χ3n) is 2.28. The number of nitrogens with two attached hydrogens (primary N) is 1. The smallest absolute Gasteiger partial charge is 0.215 e. The van der Waals surface area contributed by atoms with Crippen LogP contribution in [0.4, 0.5) is 11.4 Å². The number of anilines is 2. The molecule has 0 saturated heterocycles. The molecular weight excluding hydrogens is 297 g/mol. The van der Waals surface area contributed by atoms with Crippen LogP contribution in [0, 0.1) is 0 Å². The van der Waals surface area contributed by atoms with E-state index in [9.17, 15) is 8.42 Å². The van der Waals surface area contributed by atoms with Crippen molar-refractivity contribution in [1.82, 2.24) is 4.31 Å². The second kappa shape index (κ2) is 5.97. The highest BCUT2D eigenvalue weighted by Gasteiger charge is 2.14. The van der Waals surface area contributed by atoms with Crippen molar-refractivity contribution < 1.29 is 8.42 Å². The Balaban J connectivity index is 2.71. The van der Waals surface area contributed by atoms with Crippen molar-refractivity contribution in [3.63, 3.8) is 0 Å². The molecule has 3 N–H and O–H groups in total. The molecule has 1 aromatic carbocycles. The zero-order valence-corrected chi connectivity index (χ0v) is 12.4. The molecule has 0 bridgehead atoms. The molecule has 0 radical (unpaired) electrons. The molecule has 0 heterocycles. The van der Waals surface area contributed by atoms with Crippen molar-refractivity contribution in [2.75, 3.05) is 37.4 Å². The number of nitrogens with zero attached hydrogens (tertiary/aromatic N) is 1. The van der Waals surface area contributed by atoms with Crippen molar-refractivity contribution in [3.8, 4) is 0 Å². The van der Waals surface area contributed by atoms with Crippen molar-refractivity contribution in [1.29, 1.82) is 0 Å². The molecule has 102 valence electrons. The van der Waals surface area contributed by atoms with E-state index in [-0.39, 0.29) is 12.3 Å². The van der Waals surface area contributed by atoms with Crippen LogP contribution >= 0.6 is 23.2 Å². The molecule has 1 rings (SSSR count). The molecule has 0 spiro atoms. The van der Waals surface area contributed by atoms with Crippen LogP contribution < -0.4 is 11.1 Å². The summed E-state index contributed by atoms with van der Waals surface area (Å²) in [6.07, 6.45) is 0. The van der Waals surface area contributed by atoms with E-state index >= 15 is 0 Å². The third kappa shape index (κ3) is 3.91. The fourth-order valence-electron chi connectivity index (χ4n) is 1.25. The highest BCUT2D eigenvalue weighted by atomic mass is 35.5. The molecule has 0 aromatic heterocycles. The Morgan fingerprint density at radius 3 is 2.22 bits per heavy atom. The molecule has 1 aromatic rings. The first kappa shape index (κ1) is 15.4. The summed E-state index contributed by atoms with van der Waals surface area (Å²) in [6, 6.07) is 3.10. The van der Waals surface area contributed by atoms with Gasteiger partial charge in [0.25, 0.3) is 0 Å². The second-order valence-corrected chi connectivity index (χ2v) is 7.00. The normalized spacial score (nSPS) is 11.8. The van der Waals surface area contributed by atoms with Gasteiger partial charge in [0.05, 0.1) is 21.5 Å². The van der Waals surface area contributed by atoms with E-state index in [1.165, 1.54) is 18.4 Å². The van der Waals surface area contributed by atoms with Gasteiger partial charge in [-0.15, -0.1) is 0 Å². The number of sulfonamides is 1. The maximum atomic E-state index is 11.5. The lowest BCUT2D eigenvalue weighted by Crippen LogP contribution is -2.28. The maximum Gasteiger partial charge on any atom is 0.215 e. The molecule has 0 amide bonds. The number of benzene rings is 1. The van der Waals surface area contributed by atoms with Crippen molar-refractivity contribution >= 4 is 44.6 Å². The zero-order valence-electron chi connectivity index (χ0n) is 10.1. The Morgan fingerprint density at radius 2 is 1.78 bits per heavy atom. The fraction of sp³-hybridized carbons (Fsp3) is 0.400. The number of nitrogens with one attached hydrogen (secondary N) is 1. The van der Waals surface area contributed by atoms with E-state index < -0.39 is 10.0 Å². The molecule has 0 unspecified atom stereocenters. The first-order valence-electron chi connectivity index (χ1n) is 5.12. The molecule has 18 heavy (non-hydrogen) atoms. The molecule has 0 saturated carbocycles. The topological polar surface area (TPSA) is 75.4 Å². The van der Waals surface area contributed by atoms with E-state index in [1.54, 1.807) is 12.1 Å². The summed E-state index contributed by atoms with van der Waals surface area (Å²) in [5.41, 5.74) is 6.51. The van der Waals surface area contributed by atoms with Gasteiger partial charge >= 0.3 is 0 Å². The summed E-state index contributed by atoms with van der Waals surface area (Å²) in [4.78, 5) is 0. The third-order valence-corrected chi connectivity index (χ3v) is 4.71. The van der Waals surface area contributed by atoms with E-state index in [1.807, 2.05) is 0 Å². The van der Waals surface area contributed by atoms with Gasteiger partial charge < -0.3 is 11.1 Å². The molecule has 0 aliphatic carbocycles. The van der Waals surface area contributed by atoms with Crippen LogP contribution in [0.3, 0.4) is 0 Å². The average molecular weight is 312 g/mol. The van der Waals surface area contributed by atoms with Gasteiger partial charge in [0.15, 0.2) is 0 Å². The number of hydrogen-bond donors (Lipinski definition) is 2. The van der Waals surface area contributed by atoms with Crippen LogP contribution in [-0.2, 0) is 10.0 Å². The van der Waals surface area contributed by atoms with Crippen LogP contribution in [0.2, 0.25) is 10.0 Å². The summed E-state index contributed by atoms with van der Waals surface area (Å²) >= 11 is 11.9. The lowest BCUT2D eigenvalue weighted by atomic mass is 10.3. The minimum absolute atomic E-state index is 0.0446. The summed E-state index contributed by atoms with van der Waals surface area (Å²) in [5.74, 6) is -0.0446. The number of rotatable bonds is 5. The first-order valence-corrected chi connectivity index (χ1v) is 7.49. The van der Waals surface area contributed by atoms with Crippen molar-refractivity contribution in [3.05, 3.63) is 22.2 Å². The largest absolute Gasteiger partial charge is 0.399 e. The monoisotopic (exact) mass is 311 g/mol. The predicted octanol–water partition coefficient (Wildman–Crippen LogP) is 1.88. The first-order chi connectivity index (χ1) is 8.24. The molecule has 8 heteroatoms. The summed E-state index contributed by atoms with van der Waals surface area (Å²) in [5, 5.41) is 3.62. The summed E-state index contributed by atoms with van der Waals surface area (Å²) < 4.78 is 24.3. The molecule has 0 aliphatic heterocycles. The standard InChI is InChI=1S/C10H15Cl2N3O2S/c1-15(2)18(16,17)4-3-14-10-8(11)5-7(13)6-9(10)12/h5-6,14H,3-4,13H2,1-2H3. The van der Waals surface area contributed by atoms with Gasteiger partial charge in [-0.25, -0.2) is 12.7 Å². The Labute approximate surface area is 117 Å². The Bertz CT molecular complexity index is 509. The number of halogens is 2. The van der Waals surface area contributed by atoms with Crippen LogP contribution in [-0.4, -0.2) is 39.1 Å². The van der Waals surface area contributed by atoms with Crippen LogP contribution in [0.5, 0.6) is 0 Å². The van der Waals surface area contributed by atoms with Gasteiger partial charge in [0.1, 0.15) is 0 Å². The van der Waals surface area contributed by atoms with Gasteiger partial charge in [0.2, 0.25) is 10.0 Å². The van der Waals surface area contributed by atoms with E-state index in [2.05, 4.69) is 5.32 Å². The Morgan fingerprint density at radius 1 is 1.28 bits per heavy atom. The number of hydrogen-bond acceptors (Lipinski definition) is 4. The van der Waals surface area contributed by atoms with Crippen LogP contribution in [0.25, 0.3) is 0 Å². The molecular formula is C10H15Cl2N3O2S. The molecule has 0 aliphatic rings. The van der Waals surface area contributed by atoms with Gasteiger partial charge in [-0.3, -0.25) is 0 Å².